The van der Waals surface area contributed by atoms with E-state index in [1.54, 1.807) is 12.1 Å². The van der Waals surface area contributed by atoms with Crippen molar-refractivity contribution in [3.63, 3.8) is 0 Å². The third kappa shape index (κ3) is 5.84. The molecule has 0 atom stereocenters. The minimum atomic E-state index is -0.986. The third-order valence-corrected chi connectivity index (χ3v) is 3.13. The van der Waals surface area contributed by atoms with Crippen molar-refractivity contribution in [3.8, 4) is 11.8 Å². The molecular formula is C13H13NO4S. The van der Waals surface area contributed by atoms with Crippen molar-refractivity contribution in [2.24, 2.45) is 0 Å². The molecule has 5 nitrogen and oxygen atoms in total. The van der Waals surface area contributed by atoms with Crippen LogP contribution in [-0.4, -0.2) is 29.3 Å². The van der Waals surface area contributed by atoms with Crippen molar-refractivity contribution in [1.82, 2.24) is 5.32 Å². The molecule has 2 N–H and O–H groups in total. The maximum Gasteiger partial charge on any atom is 0.303 e. The van der Waals surface area contributed by atoms with E-state index in [1.165, 1.54) is 18.3 Å². The fourth-order valence-corrected chi connectivity index (χ4v) is 2.05. The number of hydrogen-bond acceptors (Lipinski definition) is 4. The number of carboxylic acids is 1. The SMILES string of the molecule is CC(=O)NCC#Cc1ccc(C(=O)CCC(=O)O)s1. The van der Waals surface area contributed by atoms with Crippen LogP contribution in [0.4, 0.5) is 0 Å². The van der Waals surface area contributed by atoms with Crippen LogP contribution in [0.5, 0.6) is 0 Å². The monoisotopic (exact) mass is 279 g/mol. The summed E-state index contributed by atoms with van der Waals surface area (Å²) in [7, 11) is 0. The predicted octanol–water partition coefficient (Wildman–Crippen LogP) is 1.28. The quantitative estimate of drug-likeness (QED) is 0.628. The van der Waals surface area contributed by atoms with E-state index in [2.05, 4.69) is 17.2 Å². The molecule has 19 heavy (non-hydrogen) atoms. The third-order valence-electron chi connectivity index (χ3n) is 2.08. The van der Waals surface area contributed by atoms with Gasteiger partial charge in [0, 0.05) is 13.3 Å². The number of ketones is 1. The summed E-state index contributed by atoms with van der Waals surface area (Å²) in [5, 5.41) is 11.0. The van der Waals surface area contributed by atoms with Gasteiger partial charge in [0.2, 0.25) is 5.91 Å². The molecular weight excluding hydrogens is 266 g/mol. The van der Waals surface area contributed by atoms with Gasteiger partial charge in [0.25, 0.3) is 0 Å². The minimum absolute atomic E-state index is 0.00535. The van der Waals surface area contributed by atoms with Crippen LogP contribution in [0.3, 0.4) is 0 Å². The Balaban J connectivity index is 2.54. The highest BCUT2D eigenvalue weighted by Crippen LogP contribution is 2.17. The van der Waals surface area contributed by atoms with Gasteiger partial charge in [-0.05, 0) is 12.1 Å². The van der Waals surface area contributed by atoms with Crippen LogP contribution >= 0.6 is 11.3 Å². The molecule has 0 radical (unpaired) electrons. The Morgan fingerprint density at radius 2 is 2.05 bits per heavy atom. The number of hydrogen-bond donors (Lipinski definition) is 2. The molecule has 1 rings (SSSR count). The van der Waals surface area contributed by atoms with Gasteiger partial charge in [0.15, 0.2) is 5.78 Å². The first-order valence-electron chi connectivity index (χ1n) is 5.57. The normalized spacial score (nSPS) is 9.32. The topological polar surface area (TPSA) is 83.5 Å². The number of carbonyl (C=O) groups is 3. The molecule has 0 saturated heterocycles. The van der Waals surface area contributed by atoms with Gasteiger partial charge in [0.1, 0.15) is 0 Å². The highest BCUT2D eigenvalue weighted by atomic mass is 32.1. The largest absolute Gasteiger partial charge is 0.481 e. The van der Waals surface area contributed by atoms with Crippen molar-refractivity contribution in [2.75, 3.05) is 6.54 Å². The van der Waals surface area contributed by atoms with Gasteiger partial charge in [-0.15, -0.1) is 11.3 Å². The predicted molar refractivity (Wildman–Crippen MR) is 71.1 cm³/mol. The van der Waals surface area contributed by atoms with E-state index in [0.29, 0.717) is 9.75 Å². The molecule has 1 heterocycles. The molecule has 1 amide bonds. The molecule has 0 aliphatic heterocycles. The standard InChI is InChI=1S/C13H13NO4S/c1-9(15)14-8-2-3-10-4-6-12(19-10)11(16)5-7-13(17)18/h4,6H,5,7-8H2,1H3,(H,14,15)(H,17,18). The summed E-state index contributed by atoms with van der Waals surface area (Å²) < 4.78 is 0. The van der Waals surface area contributed by atoms with Crippen LogP contribution in [0.1, 0.15) is 34.3 Å². The van der Waals surface area contributed by atoms with Crippen molar-refractivity contribution >= 4 is 29.0 Å². The maximum atomic E-state index is 11.6. The lowest BCUT2D eigenvalue weighted by molar-refractivity contribution is -0.137. The van der Waals surface area contributed by atoms with E-state index in [9.17, 15) is 14.4 Å². The summed E-state index contributed by atoms with van der Waals surface area (Å²) in [5.41, 5.74) is 0. The Kier molecular flexibility index (Phi) is 5.76. The van der Waals surface area contributed by atoms with E-state index >= 15 is 0 Å². The first-order chi connectivity index (χ1) is 8.99. The number of thiophene rings is 1. The number of nitrogens with one attached hydrogen (secondary N) is 1. The Labute approximate surface area is 114 Å². The van der Waals surface area contributed by atoms with Gasteiger partial charge in [-0.2, -0.15) is 0 Å². The number of amides is 1. The number of rotatable bonds is 5. The Morgan fingerprint density at radius 3 is 2.68 bits per heavy atom. The second-order valence-corrected chi connectivity index (χ2v) is 4.78. The molecule has 100 valence electrons. The lowest BCUT2D eigenvalue weighted by atomic mass is 10.2. The van der Waals surface area contributed by atoms with Crippen LogP contribution in [0.15, 0.2) is 12.1 Å². The van der Waals surface area contributed by atoms with Crippen LogP contribution < -0.4 is 5.32 Å². The van der Waals surface area contributed by atoms with Gasteiger partial charge < -0.3 is 10.4 Å². The van der Waals surface area contributed by atoms with Crippen molar-refractivity contribution < 1.29 is 19.5 Å². The van der Waals surface area contributed by atoms with Crippen LogP contribution in [0, 0.1) is 11.8 Å². The molecule has 0 aliphatic rings. The Hall–Kier alpha value is -2.13. The fourth-order valence-electron chi connectivity index (χ4n) is 1.20. The highest BCUT2D eigenvalue weighted by Gasteiger charge is 2.10. The summed E-state index contributed by atoms with van der Waals surface area (Å²) in [6, 6.07) is 3.34. The van der Waals surface area contributed by atoms with Gasteiger partial charge in [-0.3, -0.25) is 14.4 Å². The van der Waals surface area contributed by atoms with E-state index in [4.69, 9.17) is 5.11 Å². The molecule has 0 spiro atoms. The van der Waals surface area contributed by atoms with Crippen molar-refractivity contribution in [3.05, 3.63) is 21.9 Å². The highest BCUT2D eigenvalue weighted by molar-refractivity contribution is 7.14. The summed E-state index contributed by atoms with van der Waals surface area (Å²) in [5.74, 6) is 4.26. The molecule has 1 aromatic rings. The van der Waals surface area contributed by atoms with E-state index in [0.717, 1.165) is 0 Å². The van der Waals surface area contributed by atoms with Gasteiger partial charge in [0.05, 0.1) is 22.7 Å². The zero-order valence-electron chi connectivity index (χ0n) is 10.4. The smallest absolute Gasteiger partial charge is 0.303 e. The summed E-state index contributed by atoms with van der Waals surface area (Å²) in [6.45, 7) is 1.67. The average molecular weight is 279 g/mol. The first-order valence-corrected chi connectivity index (χ1v) is 6.39. The molecule has 0 unspecified atom stereocenters. The Bertz CT molecular complexity index is 550. The number of carboxylic acid groups (broad SMARTS) is 1. The zero-order chi connectivity index (χ0) is 14.3. The lowest BCUT2D eigenvalue weighted by Gasteiger charge is -1.93. The summed E-state index contributed by atoms with van der Waals surface area (Å²) in [6.07, 6.45) is -0.172. The number of carbonyl (C=O) groups excluding carboxylic acids is 2. The van der Waals surface area contributed by atoms with E-state index in [-0.39, 0.29) is 31.1 Å². The number of aliphatic carboxylic acids is 1. The molecule has 0 aromatic carbocycles. The molecule has 0 aliphatic carbocycles. The maximum absolute atomic E-state index is 11.6. The molecule has 0 fully saturated rings. The fraction of sp³-hybridized carbons (Fsp3) is 0.308. The van der Waals surface area contributed by atoms with E-state index < -0.39 is 5.97 Å². The molecule has 0 saturated carbocycles. The first kappa shape index (κ1) is 14.9. The molecule has 1 aromatic heterocycles. The number of Topliss-reactive ketones (excluding diaryl/α,β-unsaturated/α-hetero) is 1. The second kappa shape index (κ2) is 7.34. The van der Waals surface area contributed by atoms with Crippen molar-refractivity contribution in [1.29, 1.82) is 0 Å². The van der Waals surface area contributed by atoms with Crippen molar-refractivity contribution in [2.45, 2.75) is 19.8 Å². The second-order valence-electron chi connectivity index (χ2n) is 3.69. The van der Waals surface area contributed by atoms with Crippen LogP contribution in [0.25, 0.3) is 0 Å². The van der Waals surface area contributed by atoms with Crippen LogP contribution in [-0.2, 0) is 9.59 Å². The molecule has 6 heteroatoms. The Morgan fingerprint density at radius 1 is 1.32 bits per heavy atom. The molecule has 0 bridgehead atoms. The van der Waals surface area contributed by atoms with Gasteiger partial charge in [-0.25, -0.2) is 0 Å². The zero-order valence-corrected chi connectivity index (χ0v) is 11.2. The lowest BCUT2D eigenvalue weighted by Crippen LogP contribution is -2.19. The summed E-state index contributed by atoms with van der Waals surface area (Å²) >= 11 is 1.22. The van der Waals surface area contributed by atoms with Gasteiger partial charge >= 0.3 is 5.97 Å². The van der Waals surface area contributed by atoms with Crippen LogP contribution in [0.2, 0.25) is 0 Å². The minimum Gasteiger partial charge on any atom is -0.481 e. The average Bonchev–Trinajstić information content (AvgIpc) is 2.80. The van der Waals surface area contributed by atoms with E-state index in [1.807, 2.05) is 0 Å². The van der Waals surface area contributed by atoms with Gasteiger partial charge in [-0.1, -0.05) is 11.8 Å². The summed E-state index contributed by atoms with van der Waals surface area (Å²) in [4.78, 5) is 33.8.